The number of benzene rings is 1. The van der Waals surface area contributed by atoms with E-state index in [0.29, 0.717) is 17.8 Å². The molecule has 1 aliphatic heterocycles. The summed E-state index contributed by atoms with van der Waals surface area (Å²) in [5, 5.41) is 19.5. The molecular formula is C20H24N4O5S. The van der Waals surface area contributed by atoms with Crippen LogP contribution in [-0.4, -0.2) is 63.9 Å². The fourth-order valence-corrected chi connectivity index (χ4v) is 4.08. The number of aryl methyl sites for hydroxylation is 1. The molecule has 0 spiro atoms. The van der Waals surface area contributed by atoms with Gasteiger partial charge in [-0.1, -0.05) is 17.3 Å². The van der Waals surface area contributed by atoms with Gasteiger partial charge in [-0.2, -0.15) is 0 Å². The van der Waals surface area contributed by atoms with Crippen LogP contribution >= 0.6 is 11.8 Å². The van der Waals surface area contributed by atoms with Crippen LogP contribution in [0.3, 0.4) is 0 Å². The van der Waals surface area contributed by atoms with Crippen molar-refractivity contribution in [1.82, 2.24) is 15.4 Å². The van der Waals surface area contributed by atoms with Gasteiger partial charge in [-0.15, -0.1) is 11.8 Å². The van der Waals surface area contributed by atoms with E-state index in [-0.39, 0.29) is 48.4 Å². The highest BCUT2D eigenvalue weighted by molar-refractivity contribution is 8.00. The molecule has 1 aromatic heterocycles. The number of likely N-dealkylation sites (tertiary alicyclic amines) is 1. The Morgan fingerprint density at radius 2 is 2.07 bits per heavy atom. The quantitative estimate of drug-likeness (QED) is 0.590. The van der Waals surface area contributed by atoms with Gasteiger partial charge in [-0.25, -0.2) is 0 Å². The van der Waals surface area contributed by atoms with Gasteiger partial charge in [0.05, 0.1) is 23.2 Å². The summed E-state index contributed by atoms with van der Waals surface area (Å²) in [5.74, 6) is -0.530. The summed E-state index contributed by atoms with van der Waals surface area (Å²) in [7, 11) is 0. The van der Waals surface area contributed by atoms with Gasteiger partial charge in [0.15, 0.2) is 0 Å². The first-order valence-corrected chi connectivity index (χ1v) is 10.5. The molecule has 160 valence electrons. The van der Waals surface area contributed by atoms with Crippen molar-refractivity contribution in [1.29, 1.82) is 0 Å². The summed E-state index contributed by atoms with van der Waals surface area (Å²) in [6.45, 7) is 3.59. The van der Waals surface area contributed by atoms with Crippen molar-refractivity contribution in [3.63, 3.8) is 0 Å². The van der Waals surface area contributed by atoms with Crippen molar-refractivity contribution in [3.8, 4) is 0 Å². The number of hydrogen-bond donors (Lipinski definition) is 3. The SMILES string of the molecule is CC(=O)Nc1ccccc1SCC(=O)N[C@H]1C[C@@H](O)CN(C(=O)c2cc(C)no2)C1. The van der Waals surface area contributed by atoms with Gasteiger partial charge in [0.2, 0.25) is 17.6 Å². The Bertz CT molecular complexity index is 931. The van der Waals surface area contributed by atoms with Crippen molar-refractivity contribution >= 4 is 35.2 Å². The van der Waals surface area contributed by atoms with Crippen molar-refractivity contribution < 1.29 is 24.0 Å². The Kier molecular flexibility index (Phi) is 7.11. The third kappa shape index (κ3) is 5.83. The van der Waals surface area contributed by atoms with E-state index in [9.17, 15) is 19.5 Å². The maximum absolute atomic E-state index is 12.6. The Hall–Kier alpha value is -2.85. The number of amides is 3. The maximum atomic E-state index is 12.6. The predicted octanol–water partition coefficient (Wildman–Crippen LogP) is 1.43. The Balaban J connectivity index is 1.56. The molecule has 3 N–H and O–H groups in total. The molecule has 9 nitrogen and oxygen atoms in total. The molecule has 0 unspecified atom stereocenters. The number of piperidine rings is 1. The van der Waals surface area contributed by atoms with E-state index in [1.54, 1.807) is 25.1 Å². The normalized spacial score (nSPS) is 18.7. The van der Waals surface area contributed by atoms with Gasteiger partial charge in [0, 0.05) is 37.0 Å². The molecule has 0 radical (unpaired) electrons. The van der Waals surface area contributed by atoms with Crippen LogP contribution in [0.4, 0.5) is 5.69 Å². The number of anilines is 1. The van der Waals surface area contributed by atoms with Crippen LogP contribution in [0.1, 0.15) is 29.6 Å². The number of aromatic nitrogens is 1. The highest BCUT2D eigenvalue weighted by atomic mass is 32.2. The van der Waals surface area contributed by atoms with E-state index >= 15 is 0 Å². The zero-order valence-corrected chi connectivity index (χ0v) is 17.6. The summed E-state index contributed by atoms with van der Waals surface area (Å²) >= 11 is 1.30. The molecule has 2 heterocycles. The zero-order valence-electron chi connectivity index (χ0n) is 16.8. The van der Waals surface area contributed by atoms with Crippen LogP contribution in [0, 0.1) is 6.92 Å². The first-order valence-electron chi connectivity index (χ1n) is 9.51. The molecule has 1 saturated heterocycles. The largest absolute Gasteiger partial charge is 0.391 e. The molecule has 0 aliphatic carbocycles. The minimum absolute atomic E-state index is 0.108. The summed E-state index contributed by atoms with van der Waals surface area (Å²) in [6.07, 6.45) is -0.386. The third-order valence-electron chi connectivity index (χ3n) is 4.48. The number of nitrogens with one attached hydrogen (secondary N) is 2. The van der Waals surface area contributed by atoms with Gasteiger partial charge in [-0.05, 0) is 25.5 Å². The zero-order chi connectivity index (χ0) is 21.7. The molecule has 2 atom stereocenters. The number of thioether (sulfide) groups is 1. The number of β-amino-alcohol motifs (C(OH)–C–C–N with tert-alkyl or cyclic N) is 1. The Labute approximate surface area is 178 Å². The lowest BCUT2D eigenvalue weighted by Crippen LogP contribution is -2.54. The molecule has 3 rings (SSSR count). The molecule has 0 bridgehead atoms. The lowest BCUT2D eigenvalue weighted by atomic mass is 10.0. The number of hydrogen-bond acceptors (Lipinski definition) is 7. The molecule has 1 aromatic carbocycles. The average Bonchev–Trinajstić information content (AvgIpc) is 3.12. The number of carbonyl (C=O) groups is 3. The van der Waals surface area contributed by atoms with Crippen LogP contribution in [0.25, 0.3) is 0 Å². The average molecular weight is 433 g/mol. The van der Waals surface area contributed by atoms with Crippen LogP contribution in [0.15, 0.2) is 39.8 Å². The smallest absolute Gasteiger partial charge is 0.292 e. The second-order valence-electron chi connectivity index (χ2n) is 7.16. The number of aliphatic hydroxyl groups excluding tert-OH is 1. The van der Waals surface area contributed by atoms with Crippen molar-refractivity contribution in [2.45, 2.75) is 37.3 Å². The minimum atomic E-state index is -0.745. The fourth-order valence-electron chi connectivity index (χ4n) is 3.26. The molecule has 0 saturated carbocycles. The van der Waals surface area contributed by atoms with Crippen molar-refractivity contribution in [2.24, 2.45) is 0 Å². The van der Waals surface area contributed by atoms with Gasteiger partial charge in [0.25, 0.3) is 5.91 Å². The number of rotatable bonds is 6. The molecule has 30 heavy (non-hydrogen) atoms. The lowest BCUT2D eigenvalue weighted by molar-refractivity contribution is -0.120. The highest BCUT2D eigenvalue weighted by Gasteiger charge is 2.31. The Morgan fingerprint density at radius 3 is 2.77 bits per heavy atom. The minimum Gasteiger partial charge on any atom is -0.391 e. The van der Waals surface area contributed by atoms with E-state index in [4.69, 9.17) is 4.52 Å². The molecule has 3 amide bonds. The van der Waals surface area contributed by atoms with Crippen molar-refractivity contribution in [2.75, 3.05) is 24.2 Å². The fraction of sp³-hybridized carbons (Fsp3) is 0.400. The molecular weight excluding hydrogens is 408 g/mol. The van der Waals surface area contributed by atoms with Gasteiger partial charge in [0.1, 0.15) is 0 Å². The van der Waals surface area contributed by atoms with E-state index in [0.717, 1.165) is 4.90 Å². The van der Waals surface area contributed by atoms with Crippen LogP contribution in [-0.2, 0) is 9.59 Å². The molecule has 1 aliphatic rings. The summed E-state index contributed by atoms with van der Waals surface area (Å²) in [4.78, 5) is 38.6. The van der Waals surface area contributed by atoms with Gasteiger partial charge in [-0.3, -0.25) is 14.4 Å². The number of carbonyl (C=O) groups excluding carboxylic acids is 3. The number of nitrogens with zero attached hydrogens (tertiary/aromatic N) is 2. The van der Waals surface area contributed by atoms with Gasteiger partial charge < -0.3 is 25.2 Å². The first kappa shape index (κ1) is 21.8. The standard InChI is InChI=1S/C20H24N4O5S/c1-12-7-17(29-23-12)20(28)24-9-14(8-15(26)10-24)22-19(27)11-30-18-6-4-3-5-16(18)21-13(2)25/h3-7,14-15,26H,8-11H2,1-2H3,(H,21,25)(H,22,27)/t14-,15+/m0/s1. The molecule has 10 heteroatoms. The number of para-hydroxylation sites is 1. The second-order valence-corrected chi connectivity index (χ2v) is 8.18. The summed E-state index contributed by atoms with van der Waals surface area (Å²) in [5.41, 5.74) is 1.24. The number of aliphatic hydroxyl groups is 1. The molecule has 1 fully saturated rings. The van der Waals surface area contributed by atoms with E-state index in [1.807, 2.05) is 12.1 Å². The monoisotopic (exact) mass is 432 g/mol. The van der Waals surface area contributed by atoms with Gasteiger partial charge >= 0.3 is 0 Å². The van der Waals surface area contributed by atoms with E-state index in [1.165, 1.54) is 23.6 Å². The topological polar surface area (TPSA) is 125 Å². The summed E-state index contributed by atoms with van der Waals surface area (Å²) < 4.78 is 5.01. The second kappa shape index (κ2) is 9.77. The van der Waals surface area contributed by atoms with E-state index < -0.39 is 6.10 Å². The lowest BCUT2D eigenvalue weighted by Gasteiger charge is -2.35. The van der Waals surface area contributed by atoms with Crippen LogP contribution in [0.2, 0.25) is 0 Å². The first-order chi connectivity index (χ1) is 14.3. The summed E-state index contributed by atoms with van der Waals surface area (Å²) in [6, 6.07) is 8.40. The Morgan fingerprint density at radius 1 is 1.30 bits per heavy atom. The maximum Gasteiger partial charge on any atom is 0.292 e. The van der Waals surface area contributed by atoms with Crippen molar-refractivity contribution in [3.05, 3.63) is 41.8 Å². The van der Waals surface area contributed by atoms with E-state index in [2.05, 4.69) is 15.8 Å². The van der Waals surface area contributed by atoms with Crippen LogP contribution in [0.5, 0.6) is 0 Å². The van der Waals surface area contributed by atoms with Crippen LogP contribution < -0.4 is 10.6 Å². The highest BCUT2D eigenvalue weighted by Crippen LogP contribution is 2.27. The third-order valence-corrected chi connectivity index (χ3v) is 5.55. The molecule has 2 aromatic rings. The predicted molar refractivity (Wildman–Crippen MR) is 111 cm³/mol.